The van der Waals surface area contributed by atoms with Gasteiger partial charge in [-0.05, 0) is 82.4 Å². The van der Waals surface area contributed by atoms with Crippen molar-refractivity contribution < 1.29 is 4.79 Å². The third-order valence-electron chi connectivity index (χ3n) is 8.48. The zero-order valence-corrected chi connectivity index (χ0v) is 24.6. The van der Waals surface area contributed by atoms with Gasteiger partial charge in [0.05, 0.1) is 11.0 Å². The Hall–Kier alpha value is -3.12. The zero-order chi connectivity index (χ0) is 27.7. The number of H-pyrrole nitrogens is 1. The lowest BCUT2D eigenvalue weighted by Crippen LogP contribution is -2.33. The number of aromatic nitrogens is 3. The molecule has 4 aromatic rings. The summed E-state index contributed by atoms with van der Waals surface area (Å²) in [6.45, 7) is 10.7. The van der Waals surface area contributed by atoms with Crippen LogP contribution in [0.3, 0.4) is 0 Å². The van der Waals surface area contributed by atoms with Crippen LogP contribution in [0.1, 0.15) is 88.4 Å². The van der Waals surface area contributed by atoms with Gasteiger partial charge < -0.3 is 19.4 Å². The standard InChI is InChI=1S/C34H47N5O/c1-3-5-22-38(23-6-4-2)34(40)27-17-18-31-32(25-27)39(24-14-8-13-21-37-19-11-7-12-20-37)33(36-31)29-26-35-30-16-10-9-15-28(29)30/h9-10,15-18,25-26,35H,3-8,11-14,19-24H2,1-2H3. The second-order valence-electron chi connectivity index (χ2n) is 11.5. The van der Waals surface area contributed by atoms with E-state index < -0.39 is 0 Å². The maximum absolute atomic E-state index is 13.7. The van der Waals surface area contributed by atoms with Crippen LogP contribution in [0.15, 0.2) is 48.7 Å². The Morgan fingerprint density at radius 3 is 2.42 bits per heavy atom. The summed E-state index contributed by atoms with van der Waals surface area (Å²) in [5.74, 6) is 1.13. The average molecular weight is 542 g/mol. The van der Waals surface area contributed by atoms with Crippen molar-refractivity contribution in [1.82, 2.24) is 24.3 Å². The molecule has 2 aromatic heterocycles. The molecule has 0 saturated carbocycles. The van der Waals surface area contributed by atoms with Gasteiger partial charge in [0, 0.05) is 47.9 Å². The van der Waals surface area contributed by atoms with Gasteiger partial charge in [-0.3, -0.25) is 4.79 Å². The number of amides is 1. The Bertz CT molecular complexity index is 1370. The molecular weight excluding hydrogens is 494 g/mol. The van der Waals surface area contributed by atoms with E-state index in [9.17, 15) is 4.79 Å². The van der Waals surface area contributed by atoms with Crippen molar-refractivity contribution >= 4 is 27.8 Å². The summed E-state index contributed by atoms with van der Waals surface area (Å²) in [7, 11) is 0. The molecule has 1 aliphatic heterocycles. The maximum Gasteiger partial charge on any atom is 0.253 e. The van der Waals surface area contributed by atoms with Gasteiger partial charge in [0.25, 0.3) is 5.91 Å². The van der Waals surface area contributed by atoms with Crippen molar-refractivity contribution in [3.63, 3.8) is 0 Å². The minimum absolute atomic E-state index is 0.145. The summed E-state index contributed by atoms with van der Waals surface area (Å²) in [6.07, 6.45) is 14.0. The second-order valence-corrected chi connectivity index (χ2v) is 11.5. The molecule has 214 valence electrons. The fraction of sp³-hybridized carbons (Fsp3) is 0.529. The molecule has 3 heterocycles. The first kappa shape index (κ1) is 28.4. The van der Waals surface area contributed by atoms with Crippen molar-refractivity contribution in [2.75, 3.05) is 32.7 Å². The van der Waals surface area contributed by atoms with E-state index in [-0.39, 0.29) is 5.91 Å². The molecule has 6 heteroatoms. The van der Waals surface area contributed by atoms with E-state index >= 15 is 0 Å². The second kappa shape index (κ2) is 14.0. The van der Waals surface area contributed by atoms with Gasteiger partial charge >= 0.3 is 0 Å². The SMILES string of the molecule is CCCCN(CCCC)C(=O)c1ccc2nc(-c3c[nH]c4ccccc34)n(CCCCCN3CCCCC3)c2c1. The molecule has 0 spiro atoms. The number of unbranched alkanes of at least 4 members (excludes halogenated alkanes) is 4. The van der Waals surface area contributed by atoms with E-state index in [0.717, 1.165) is 85.2 Å². The van der Waals surface area contributed by atoms with E-state index in [1.54, 1.807) is 0 Å². The van der Waals surface area contributed by atoms with Crippen molar-refractivity contribution in [3.8, 4) is 11.4 Å². The number of para-hydroxylation sites is 1. The average Bonchev–Trinajstić information content (AvgIpc) is 3.58. The van der Waals surface area contributed by atoms with Crippen LogP contribution in [-0.4, -0.2) is 63.0 Å². The summed E-state index contributed by atoms with van der Waals surface area (Å²) in [5, 5.41) is 1.19. The number of benzene rings is 2. The number of nitrogens with zero attached hydrogens (tertiary/aromatic N) is 4. The summed E-state index contributed by atoms with van der Waals surface area (Å²) in [4.78, 5) is 26.9. The number of piperidine rings is 1. The highest BCUT2D eigenvalue weighted by Gasteiger charge is 2.20. The van der Waals surface area contributed by atoms with Gasteiger partial charge in [-0.1, -0.05) is 57.7 Å². The number of nitrogens with one attached hydrogen (secondary N) is 1. The first-order chi connectivity index (χ1) is 19.7. The molecule has 1 N–H and O–H groups in total. The van der Waals surface area contributed by atoms with Crippen molar-refractivity contribution in [1.29, 1.82) is 0 Å². The lowest BCUT2D eigenvalue weighted by atomic mass is 10.1. The molecule has 0 unspecified atom stereocenters. The minimum atomic E-state index is 0.145. The van der Waals surface area contributed by atoms with Gasteiger partial charge in [-0.15, -0.1) is 0 Å². The van der Waals surface area contributed by atoms with Crippen LogP contribution >= 0.6 is 0 Å². The Morgan fingerprint density at radius 1 is 0.900 bits per heavy atom. The summed E-state index contributed by atoms with van der Waals surface area (Å²) in [5.41, 5.74) is 5.04. The van der Waals surface area contributed by atoms with Gasteiger partial charge in [0.1, 0.15) is 5.82 Å². The third kappa shape index (κ3) is 6.60. The normalized spacial score (nSPS) is 14.3. The summed E-state index contributed by atoms with van der Waals surface area (Å²) >= 11 is 0. The Morgan fingerprint density at radius 2 is 1.65 bits per heavy atom. The number of rotatable bonds is 14. The van der Waals surface area contributed by atoms with E-state index in [4.69, 9.17) is 4.98 Å². The molecule has 0 aliphatic carbocycles. The van der Waals surface area contributed by atoms with Crippen LogP contribution in [-0.2, 0) is 6.54 Å². The monoisotopic (exact) mass is 541 g/mol. The molecule has 0 bridgehead atoms. The lowest BCUT2D eigenvalue weighted by molar-refractivity contribution is 0.0751. The van der Waals surface area contributed by atoms with Gasteiger partial charge in [0.2, 0.25) is 0 Å². The molecule has 40 heavy (non-hydrogen) atoms. The summed E-state index contributed by atoms with van der Waals surface area (Å²) < 4.78 is 2.37. The van der Waals surface area contributed by atoms with Gasteiger partial charge in [-0.25, -0.2) is 4.98 Å². The first-order valence-electron chi connectivity index (χ1n) is 15.8. The molecular formula is C34H47N5O. The zero-order valence-electron chi connectivity index (χ0n) is 24.6. The van der Waals surface area contributed by atoms with Crippen LogP contribution in [0, 0.1) is 0 Å². The highest BCUT2D eigenvalue weighted by atomic mass is 16.2. The molecule has 5 rings (SSSR count). The van der Waals surface area contributed by atoms with Crippen molar-refractivity contribution in [3.05, 3.63) is 54.2 Å². The smallest absolute Gasteiger partial charge is 0.253 e. The number of carbonyl (C=O) groups excluding carboxylic acids is 1. The molecule has 6 nitrogen and oxygen atoms in total. The van der Waals surface area contributed by atoms with E-state index in [1.165, 1.54) is 57.1 Å². The maximum atomic E-state index is 13.7. The van der Waals surface area contributed by atoms with Crippen LogP contribution in [0.25, 0.3) is 33.3 Å². The number of hydrogen-bond donors (Lipinski definition) is 1. The number of likely N-dealkylation sites (tertiary alicyclic amines) is 1. The molecule has 0 radical (unpaired) electrons. The topological polar surface area (TPSA) is 57.2 Å². The highest BCUT2D eigenvalue weighted by Crippen LogP contribution is 2.32. The number of aromatic amines is 1. The number of aryl methyl sites for hydroxylation is 1. The van der Waals surface area contributed by atoms with Crippen LogP contribution in [0.4, 0.5) is 0 Å². The Balaban J connectivity index is 1.42. The van der Waals surface area contributed by atoms with Crippen LogP contribution < -0.4 is 0 Å². The van der Waals surface area contributed by atoms with E-state index in [0.29, 0.717) is 0 Å². The van der Waals surface area contributed by atoms with Gasteiger partial charge in [0.15, 0.2) is 0 Å². The first-order valence-corrected chi connectivity index (χ1v) is 15.8. The fourth-order valence-corrected chi connectivity index (χ4v) is 6.10. The lowest BCUT2D eigenvalue weighted by Gasteiger charge is -2.26. The summed E-state index contributed by atoms with van der Waals surface area (Å²) in [6, 6.07) is 14.6. The fourth-order valence-electron chi connectivity index (χ4n) is 6.10. The Kier molecular flexibility index (Phi) is 9.93. The predicted octanol–water partition coefficient (Wildman–Crippen LogP) is 7.88. The van der Waals surface area contributed by atoms with Crippen molar-refractivity contribution in [2.24, 2.45) is 0 Å². The molecule has 1 amide bonds. The number of hydrogen-bond acceptors (Lipinski definition) is 3. The van der Waals surface area contributed by atoms with Crippen molar-refractivity contribution in [2.45, 2.75) is 84.6 Å². The molecule has 1 fully saturated rings. The molecule has 1 saturated heterocycles. The molecule has 1 aliphatic rings. The van der Waals surface area contributed by atoms with Crippen LogP contribution in [0.5, 0.6) is 0 Å². The third-order valence-corrected chi connectivity index (χ3v) is 8.48. The Labute approximate surface area is 239 Å². The van der Waals surface area contributed by atoms with E-state index in [2.05, 4.69) is 69.7 Å². The predicted molar refractivity (Wildman–Crippen MR) is 167 cm³/mol. The van der Waals surface area contributed by atoms with E-state index in [1.807, 2.05) is 12.1 Å². The quantitative estimate of drug-likeness (QED) is 0.165. The van der Waals surface area contributed by atoms with Gasteiger partial charge in [-0.2, -0.15) is 0 Å². The molecule has 0 atom stereocenters. The highest BCUT2D eigenvalue weighted by molar-refractivity contribution is 5.99. The number of carbonyl (C=O) groups is 1. The largest absolute Gasteiger partial charge is 0.360 e. The van der Waals surface area contributed by atoms with Crippen LogP contribution in [0.2, 0.25) is 0 Å². The molecule has 2 aromatic carbocycles. The number of imidazole rings is 1. The number of fused-ring (bicyclic) bond motifs is 2. The minimum Gasteiger partial charge on any atom is -0.360 e.